The summed E-state index contributed by atoms with van der Waals surface area (Å²) >= 11 is 0. The Hall–Kier alpha value is -4.42. The summed E-state index contributed by atoms with van der Waals surface area (Å²) < 4.78 is 12.1. The number of hydrogen-bond acceptors (Lipinski definition) is 10. The topological polar surface area (TPSA) is 167 Å². The Morgan fingerprint density at radius 3 is 1.71 bits per heavy atom. The molecule has 2 aliphatic heterocycles. The molecule has 0 spiro atoms. The highest BCUT2D eigenvalue weighted by atomic mass is 16.5. The van der Waals surface area contributed by atoms with Gasteiger partial charge < -0.3 is 34.9 Å². The van der Waals surface area contributed by atoms with Crippen molar-refractivity contribution in [3.05, 3.63) is 70.6 Å². The maximum atomic E-state index is 9.74. The molecule has 51 heavy (non-hydrogen) atoms. The van der Waals surface area contributed by atoms with E-state index in [0.29, 0.717) is 66.8 Å². The second-order valence-electron chi connectivity index (χ2n) is 12.7. The van der Waals surface area contributed by atoms with Crippen LogP contribution in [0.1, 0.15) is 99.6 Å². The molecule has 1 aromatic carbocycles. The Kier molecular flexibility index (Phi) is 13.5. The molecule has 0 radical (unpaired) electrons. The van der Waals surface area contributed by atoms with Crippen LogP contribution in [0.25, 0.3) is 44.4 Å². The summed E-state index contributed by atoms with van der Waals surface area (Å²) in [7, 11) is 0. The van der Waals surface area contributed by atoms with E-state index in [1.54, 1.807) is 24.5 Å². The van der Waals surface area contributed by atoms with Crippen LogP contribution in [0.3, 0.4) is 0 Å². The zero-order chi connectivity index (χ0) is 36.3. The molecule has 2 aromatic heterocycles. The van der Waals surface area contributed by atoms with Crippen molar-refractivity contribution < 1.29 is 29.9 Å². The minimum Gasteiger partial charge on any atom is -0.490 e. The van der Waals surface area contributed by atoms with Crippen LogP contribution in [0.2, 0.25) is 0 Å². The van der Waals surface area contributed by atoms with Crippen molar-refractivity contribution in [2.24, 2.45) is 0 Å². The van der Waals surface area contributed by atoms with Gasteiger partial charge in [-0.15, -0.1) is 0 Å². The number of aromatic amines is 1. The van der Waals surface area contributed by atoms with Crippen LogP contribution in [0, 0.1) is 6.92 Å². The number of aliphatic hydroxyl groups excluding tert-OH is 4. The van der Waals surface area contributed by atoms with Gasteiger partial charge in [0.15, 0.2) is 11.5 Å². The molecular weight excluding hydrogens is 646 g/mol. The van der Waals surface area contributed by atoms with Crippen molar-refractivity contribution >= 4 is 44.4 Å². The third kappa shape index (κ3) is 8.73. The number of nitrogens with zero attached hydrogens (tertiary/aromatic N) is 4. The molecule has 272 valence electrons. The maximum absolute atomic E-state index is 9.74. The molecule has 5 rings (SSSR count). The second-order valence-corrected chi connectivity index (χ2v) is 12.7. The lowest BCUT2D eigenvalue weighted by molar-refractivity contribution is 0.211. The van der Waals surface area contributed by atoms with Crippen LogP contribution < -0.4 is 9.47 Å². The fraction of sp³-hybridized carbons (Fsp3) is 0.450. The van der Waals surface area contributed by atoms with E-state index < -0.39 is 0 Å². The van der Waals surface area contributed by atoms with Crippen LogP contribution in [0.5, 0.6) is 11.5 Å². The van der Waals surface area contributed by atoms with Crippen LogP contribution in [0.15, 0.2) is 36.7 Å². The Bertz CT molecular complexity index is 1970. The number of fused-ring (bicyclic) bond motifs is 7. The van der Waals surface area contributed by atoms with Crippen LogP contribution in [0.4, 0.5) is 0 Å². The van der Waals surface area contributed by atoms with Crippen molar-refractivity contribution in [1.82, 2.24) is 24.9 Å². The molecule has 0 fully saturated rings. The predicted octanol–water partition coefficient (Wildman–Crippen LogP) is 6.53. The number of aryl methyl sites for hydroxylation is 2. The second kappa shape index (κ2) is 18.2. The lowest BCUT2D eigenvalue weighted by atomic mass is 9.98. The van der Waals surface area contributed by atoms with E-state index in [1.807, 2.05) is 6.92 Å². The highest BCUT2D eigenvalue weighted by Gasteiger charge is 2.22. The minimum atomic E-state index is -0.00975. The number of aliphatic hydroxyl groups is 4. The molecule has 0 unspecified atom stereocenters. The average molecular weight is 698 g/mol. The lowest BCUT2D eigenvalue weighted by Gasteiger charge is -2.13. The molecule has 5 N–H and O–H groups in total. The summed E-state index contributed by atoms with van der Waals surface area (Å²) in [4.78, 5) is 23.7. The minimum absolute atomic E-state index is 0.00909. The quantitative estimate of drug-likeness (QED) is 0.104. The smallest absolute Gasteiger partial charge is 0.163 e. The first-order valence-electron chi connectivity index (χ1n) is 18.1. The highest BCUT2D eigenvalue weighted by molar-refractivity contribution is 5.95. The van der Waals surface area contributed by atoms with Gasteiger partial charge in [0.25, 0.3) is 0 Å². The molecule has 0 saturated carbocycles. The molecule has 0 aliphatic carbocycles. The molecule has 3 aromatic rings. The summed E-state index contributed by atoms with van der Waals surface area (Å²) in [5, 5.41) is 38.2. The number of rotatable bonds is 16. The molecule has 0 atom stereocenters. The van der Waals surface area contributed by atoms with Gasteiger partial charge in [-0.1, -0.05) is 13.8 Å². The number of aromatic nitrogens is 5. The van der Waals surface area contributed by atoms with Crippen LogP contribution in [-0.2, 0) is 6.42 Å². The molecule has 0 amide bonds. The first-order chi connectivity index (χ1) is 24.9. The van der Waals surface area contributed by atoms with E-state index in [1.165, 1.54) is 11.1 Å². The fourth-order valence-electron chi connectivity index (χ4n) is 6.55. The average Bonchev–Trinajstić information content (AvgIpc) is 3.73. The number of ether oxygens (including phenoxy) is 2. The van der Waals surface area contributed by atoms with E-state index in [9.17, 15) is 20.4 Å². The summed E-state index contributed by atoms with van der Waals surface area (Å²) in [6.45, 7) is 9.11. The predicted molar refractivity (Wildman–Crippen MR) is 202 cm³/mol. The lowest BCUT2D eigenvalue weighted by Crippen LogP contribution is -2.05. The normalized spacial score (nSPS) is 12.9. The van der Waals surface area contributed by atoms with E-state index in [0.717, 1.165) is 63.2 Å². The van der Waals surface area contributed by atoms with Crippen molar-refractivity contribution in [1.29, 1.82) is 0 Å². The molecule has 11 nitrogen and oxygen atoms in total. The largest absolute Gasteiger partial charge is 0.490 e. The third-order valence-electron chi connectivity index (χ3n) is 9.31. The Morgan fingerprint density at radius 2 is 1.12 bits per heavy atom. The number of benzene rings is 1. The van der Waals surface area contributed by atoms with Crippen molar-refractivity contribution in [2.45, 2.75) is 79.1 Å². The van der Waals surface area contributed by atoms with Gasteiger partial charge in [0.2, 0.25) is 0 Å². The summed E-state index contributed by atoms with van der Waals surface area (Å²) in [6, 6.07) is 7.76. The first-order valence-corrected chi connectivity index (χ1v) is 18.1. The van der Waals surface area contributed by atoms with Crippen molar-refractivity contribution in [3.8, 4) is 11.5 Å². The molecule has 2 aliphatic rings. The van der Waals surface area contributed by atoms with Crippen molar-refractivity contribution in [2.75, 3.05) is 39.6 Å². The Balaban J connectivity index is 1.88. The van der Waals surface area contributed by atoms with E-state index in [-0.39, 0.29) is 39.6 Å². The fourth-order valence-corrected chi connectivity index (χ4v) is 6.55. The highest BCUT2D eigenvalue weighted by Crippen LogP contribution is 2.38. The zero-order valence-corrected chi connectivity index (χ0v) is 30.3. The van der Waals surface area contributed by atoms with Crippen LogP contribution >= 0.6 is 0 Å². The molecule has 0 saturated heterocycles. The summed E-state index contributed by atoms with van der Waals surface area (Å²) in [5.41, 5.74) is 12.7. The summed E-state index contributed by atoms with van der Waals surface area (Å²) in [5.74, 6) is 0.917. The van der Waals surface area contributed by atoms with Gasteiger partial charge in [-0.05, 0) is 97.9 Å². The SMILES string of the molecule is CCC1=C(CC)c2cc3[nH]c(cnc4cc(OCCCO)c(OCCCO)cc4ncc4nc(cc1n2)C(CCCO)=C4C)c(C)c3CCCO. The third-order valence-corrected chi connectivity index (χ3v) is 9.31. The van der Waals surface area contributed by atoms with Gasteiger partial charge in [-0.25, -0.2) is 9.97 Å². The zero-order valence-electron chi connectivity index (χ0n) is 30.3. The van der Waals surface area contributed by atoms with E-state index in [4.69, 9.17) is 29.4 Å². The number of H-pyrrole nitrogens is 1. The van der Waals surface area contributed by atoms with Gasteiger partial charge in [-0.2, -0.15) is 0 Å². The standard InChI is InChI=1S/C40H51N5O6/c1-5-27-28(6-2)32-20-34-30(12-8-14-47)26(4)38(45-34)24-42-36-22-40(51-18-10-16-49)39(50-17-9-15-48)21-35(36)41-23-37-25(3)29(11-7-13-46)33(44-37)19-31(27)43-32/h19-24,44,46-49H,5-18H2,1-4H3. The number of hydrogen-bond donors (Lipinski definition) is 5. The number of nitrogens with one attached hydrogen (secondary N) is 1. The van der Waals surface area contributed by atoms with Gasteiger partial charge in [0.1, 0.15) is 0 Å². The molecular formula is C40H51N5O6. The van der Waals surface area contributed by atoms with E-state index >= 15 is 0 Å². The monoisotopic (exact) mass is 697 g/mol. The number of allylic oxidation sites excluding steroid dienone is 4. The van der Waals surface area contributed by atoms with Gasteiger partial charge in [0, 0.05) is 56.9 Å². The molecule has 4 heterocycles. The van der Waals surface area contributed by atoms with Crippen LogP contribution in [-0.4, -0.2) is 85.0 Å². The summed E-state index contributed by atoms with van der Waals surface area (Å²) in [6.07, 6.45) is 8.65. The van der Waals surface area contributed by atoms with Gasteiger partial charge in [-0.3, -0.25) is 9.97 Å². The maximum Gasteiger partial charge on any atom is 0.163 e. The Labute approximate surface area is 299 Å². The van der Waals surface area contributed by atoms with Gasteiger partial charge in [0.05, 0.1) is 64.9 Å². The molecule has 6 bridgehead atoms. The molecule has 11 heteroatoms. The van der Waals surface area contributed by atoms with Gasteiger partial charge >= 0.3 is 0 Å². The van der Waals surface area contributed by atoms with E-state index in [2.05, 4.69) is 37.9 Å². The van der Waals surface area contributed by atoms with Crippen molar-refractivity contribution in [3.63, 3.8) is 0 Å². The first kappa shape index (κ1) is 37.8. The Morgan fingerprint density at radius 1 is 0.588 bits per heavy atom.